The van der Waals surface area contributed by atoms with Crippen LogP contribution in [0.1, 0.15) is 11.1 Å². The van der Waals surface area contributed by atoms with Gasteiger partial charge in [-0.05, 0) is 43.2 Å². The molecule has 0 atom stereocenters. The molecule has 0 fully saturated rings. The molecule has 3 rings (SSSR count). The Morgan fingerprint density at radius 2 is 1.90 bits per heavy atom. The van der Waals surface area contributed by atoms with Crippen LogP contribution >= 0.6 is 15.9 Å². The molecule has 0 aliphatic rings. The molecule has 2 heterocycles. The van der Waals surface area contributed by atoms with Gasteiger partial charge < -0.3 is 10.3 Å². The number of hydrogen-bond donors (Lipinski definition) is 1. The molecule has 0 spiro atoms. The van der Waals surface area contributed by atoms with Gasteiger partial charge in [-0.3, -0.25) is 4.98 Å². The van der Waals surface area contributed by atoms with Crippen LogP contribution in [-0.2, 0) is 0 Å². The minimum absolute atomic E-state index is 0.392. The molecule has 21 heavy (non-hydrogen) atoms. The summed E-state index contributed by atoms with van der Waals surface area (Å²) >= 11 is 3.55. The predicted molar refractivity (Wildman–Crippen MR) is 84.6 cm³/mol. The highest BCUT2D eigenvalue weighted by molar-refractivity contribution is 9.10. The molecule has 0 aliphatic heterocycles. The number of benzene rings is 1. The Balaban J connectivity index is 2.05. The van der Waals surface area contributed by atoms with E-state index in [1.54, 1.807) is 18.5 Å². The summed E-state index contributed by atoms with van der Waals surface area (Å²) in [5.41, 5.74) is 10.2. The number of anilines is 1. The molecule has 3 aromatic rings. The van der Waals surface area contributed by atoms with Crippen molar-refractivity contribution in [1.82, 2.24) is 15.1 Å². The van der Waals surface area contributed by atoms with Gasteiger partial charge in [0.05, 0.1) is 17.4 Å². The molecule has 0 bridgehead atoms. The summed E-state index contributed by atoms with van der Waals surface area (Å²) in [6.07, 6.45) is 3.20. The molecule has 2 N–H and O–H groups in total. The van der Waals surface area contributed by atoms with Gasteiger partial charge in [-0.25, -0.2) is 0 Å². The van der Waals surface area contributed by atoms with Crippen LogP contribution in [0.5, 0.6) is 0 Å². The van der Waals surface area contributed by atoms with E-state index in [0.29, 0.717) is 23.0 Å². The van der Waals surface area contributed by atoms with Crippen LogP contribution in [-0.4, -0.2) is 15.1 Å². The van der Waals surface area contributed by atoms with Crippen LogP contribution in [0, 0.1) is 13.8 Å². The second kappa shape index (κ2) is 5.29. The maximum Gasteiger partial charge on any atom is 0.260 e. The van der Waals surface area contributed by atoms with Crippen LogP contribution in [0.4, 0.5) is 5.69 Å². The van der Waals surface area contributed by atoms with E-state index in [1.165, 1.54) is 0 Å². The minimum Gasteiger partial charge on any atom is -0.397 e. The Morgan fingerprint density at radius 1 is 1.19 bits per heavy atom. The van der Waals surface area contributed by atoms with E-state index < -0.39 is 0 Å². The van der Waals surface area contributed by atoms with Crippen LogP contribution in [0.15, 0.2) is 39.6 Å². The molecular weight excluding hydrogens is 332 g/mol. The standard InChI is InChI=1S/C15H13BrN4O/c1-8-5-10(6-9(2)13(8)16)14-19-15(21-20-14)11-3-4-18-7-12(11)17/h3-7H,17H2,1-2H3. The molecule has 0 saturated carbocycles. The van der Waals surface area contributed by atoms with E-state index >= 15 is 0 Å². The summed E-state index contributed by atoms with van der Waals surface area (Å²) in [7, 11) is 0. The van der Waals surface area contributed by atoms with Crippen molar-refractivity contribution in [1.29, 1.82) is 0 Å². The fourth-order valence-electron chi connectivity index (χ4n) is 2.13. The van der Waals surface area contributed by atoms with Crippen molar-refractivity contribution < 1.29 is 4.52 Å². The number of aromatic nitrogens is 3. The van der Waals surface area contributed by atoms with Crippen molar-refractivity contribution in [2.45, 2.75) is 13.8 Å². The molecule has 0 saturated heterocycles. The number of rotatable bonds is 2. The second-order valence-electron chi connectivity index (χ2n) is 4.81. The van der Waals surface area contributed by atoms with E-state index in [9.17, 15) is 0 Å². The normalized spacial score (nSPS) is 10.8. The van der Waals surface area contributed by atoms with Crippen molar-refractivity contribution in [3.8, 4) is 22.8 Å². The smallest absolute Gasteiger partial charge is 0.260 e. The first-order valence-electron chi connectivity index (χ1n) is 6.37. The van der Waals surface area contributed by atoms with E-state index in [2.05, 4.69) is 31.1 Å². The van der Waals surface area contributed by atoms with Gasteiger partial charge in [0.25, 0.3) is 5.89 Å². The summed E-state index contributed by atoms with van der Waals surface area (Å²) in [4.78, 5) is 8.37. The largest absolute Gasteiger partial charge is 0.397 e. The number of pyridine rings is 1. The molecule has 0 unspecified atom stereocenters. The van der Waals surface area contributed by atoms with Crippen LogP contribution in [0.25, 0.3) is 22.8 Å². The fourth-order valence-corrected chi connectivity index (χ4v) is 2.36. The van der Waals surface area contributed by atoms with Crippen molar-refractivity contribution in [2.24, 2.45) is 0 Å². The lowest BCUT2D eigenvalue weighted by atomic mass is 10.1. The first-order chi connectivity index (χ1) is 10.1. The van der Waals surface area contributed by atoms with Gasteiger partial charge in [-0.1, -0.05) is 21.1 Å². The summed E-state index contributed by atoms with van der Waals surface area (Å²) < 4.78 is 6.41. The van der Waals surface area contributed by atoms with Crippen LogP contribution in [0.3, 0.4) is 0 Å². The third-order valence-corrected chi connectivity index (χ3v) is 4.45. The Bertz CT molecular complexity index is 790. The molecular formula is C15H13BrN4O. The highest BCUT2D eigenvalue weighted by Crippen LogP contribution is 2.29. The minimum atomic E-state index is 0.392. The Labute approximate surface area is 130 Å². The SMILES string of the molecule is Cc1cc(-c2noc(-c3ccncc3N)n2)cc(C)c1Br. The molecule has 0 amide bonds. The van der Waals surface area contributed by atoms with Crippen LogP contribution in [0.2, 0.25) is 0 Å². The van der Waals surface area contributed by atoms with E-state index in [1.807, 2.05) is 26.0 Å². The molecule has 0 radical (unpaired) electrons. The van der Waals surface area contributed by atoms with Crippen molar-refractivity contribution in [3.63, 3.8) is 0 Å². The zero-order valence-electron chi connectivity index (χ0n) is 11.6. The third kappa shape index (κ3) is 2.54. The highest BCUT2D eigenvalue weighted by atomic mass is 79.9. The Hall–Kier alpha value is -2.21. The van der Waals surface area contributed by atoms with E-state index in [-0.39, 0.29) is 0 Å². The average Bonchev–Trinajstić information content (AvgIpc) is 2.94. The number of hydrogen-bond acceptors (Lipinski definition) is 5. The molecule has 2 aromatic heterocycles. The summed E-state index contributed by atoms with van der Waals surface area (Å²) in [5.74, 6) is 0.933. The predicted octanol–water partition coefficient (Wildman–Crippen LogP) is 3.76. The molecule has 106 valence electrons. The second-order valence-corrected chi connectivity index (χ2v) is 5.60. The van der Waals surface area contributed by atoms with Gasteiger partial charge in [-0.15, -0.1) is 0 Å². The van der Waals surface area contributed by atoms with Crippen molar-refractivity contribution in [3.05, 3.63) is 46.2 Å². The first-order valence-corrected chi connectivity index (χ1v) is 7.16. The molecule has 1 aromatic carbocycles. The maximum absolute atomic E-state index is 5.87. The number of halogens is 1. The van der Waals surface area contributed by atoms with E-state index in [0.717, 1.165) is 21.2 Å². The molecule has 5 nitrogen and oxygen atoms in total. The zero-order valence-corrected chi connectivity index (χ0v) is 13.2. The quantitative estimate of drug-likeness (QED) is 0.765. The number of nitrogens with two attached hydrogens (primary N) is 1. The Morgan fingerprint density at radius 3 is 2.57 bits per heavy atom. The van der Waals surface area contributed by atoms with Crippen molar-refractivity contribution >= 4 is 21.6 Å². The van der Waals surface area contributed by atoms with Gasteiger partial charge >= 0.3 is 0 Å². The van der Waals surface area contributed by atoms with Gasteiger partial charge in [0.1, 0.15) is 0 Å². The maximum atomic E-state index is 5.87. The van der Waals surface area contributed by atoms with Crippen LogP contribution < -0.4 is 5.73 Å². The lowest BCUT2D eigenvalue weighted by molar-refractivity contribution is 0.432. The lowest BCUT2D eigenvalue weighted by Gasteiger charge is -2.04. The topological polar surface area (TPSA) is 77.8 Å². The lowest BCUT2D eigenvalue weighted by Crippen LogP contribution is -1.91. The van der Waals surface area contributed by atoms with Gasteiger partial charge in [-0.2, -0.15) is 4.98 Å². The number of nitrogens with zero attached hydrogens (tertiary/aromatic N) is 3. The van der Waals surface area contributed by atoms with Gasteiger partial charge in [0.2, 0.25) is 5.82 Å². The number of nitrogen functional groups attached to an aromatic ring is 1. The molecule has 0 aliphatic carbocycles. The van der Waals surface area contributed by atoms with Gasteiger partial charge in [0, 0.05) is 16.2 Å². The summed E-state index contributed by atoms with van der Waals surface area (Å²) in [5, 5.41) is 4.04. The van der Waals surface area contributed by atoms with Gasteiger partial charge in [0.15, 0.2) is 0 Å². The zero-order chi connectivity index (χ0) is 15.0. The summed E-state index contributed by atoms with van der Waals surface area (Å²) in [6.45, 7) is 4.06. The van der Waals surface area contributed by atoms with Crippen molar-refractivity contribution in [2.75, 3.05) is 5.73 Å². The fraction of sp³-hybridized carbons (Fsp3) is 0.133. The average molecular weight is 345 g/mol. The number of aryl methyl sites for hydroxylation is 2. The monoisotopic (exact) mass is 344 g/mol. The first kappa shape index (κ1) is 13.8. The highest BCUT2D eigenvalue weighted by Gasteiger charge is 2.14. The Kier molecular flexibility index (Phi) is 3.47. The van der Waals surface area contributed by atoms with E-state index in [4.69, 9.17) is 10.3 Å². The molecule has 6 heteroatoms. The third-order valence-electron chi connectivity index (χ3n) is 3.20. The summed E-state index contributed by atoms with van der Waals surface area (Å²) in [6, 6.07) is 5.79.